The molecule has 118 valence electrons. The summed E-state index contributed by atoms with van der Waals surface area (Å²) in [5, 5.41) is 11.5. The summed E-state index contributed by atoms with van der Waals surface area (Å²) in [5.74, 6) is 0. The summed E-state index contributed by atoms with van der Waals surface area (Å²) >= 11 is 3.11. The van der Waals surface area contributed by atoms with E-state index in [1.54, 1.807) is 35.1 Å². The fraction of sp³-hybridized carbons (Fsp3) is 0.188. The number of urea groups is 1. The zero-order valence-electron chi connectivity index (χ0n) is 12.5. The number of hydrogen-bond acceptors (Lipinski definition) is 5. The molecule has 0 spiro atoms. The van der Waals surface area contributed by atoms with Gasteiger partial charge < -0.3 is 10.6 Å². The van der Waals surface area contributed by atoms with Crippen molar-refractivity contribution in [1.29, 1.82) is 0 Å². The van der Waals surface area contributed by atoms with Crippen LogP contribution in [0, 0.1) is 0 Å². The Morgan fingerprint density at radius 2 is 2.04 bits per heavy atom. The molecule has 1 atom stereocenters. The minimum Gasteiger partial charge on any atom is -0.329 e. The van der Waals surface area contributed by atoms with Gasteiger partial charge in [-0.3, -0.25) is 0 Å². The predicted molar refractivity (Wildman–Crippen MR) is 94.9 cm³/mol. The van der Waals surface area contributed by atoms with Gasteiger partial charge in [0, 0.05) is 34.4 Å². The van der Waals surface area contributed by atoms with Gasteiger partial charge in [-0.1, -0.05) is 19.1 Å². The number of aromatic nitrogens is 2. The molecule has 0 bridgehead atoms. The molecule has 2 amide bonds. The van der Waals surface area contributed by atoms with Gasteiger partial charge in [0.1, 0.15) is 10.0 Å². The maximum absolute atomic E-state index is 12.2. The zero-order valence-corrected chi connectivity index (χ0v) is 14.2. The summed E-state index contributed by atoms with van der Waals surface area (Å²) in [6.07, 6.45) is 4.31. The van der Waals surface area contributed by atoms with Crippen LogP contribution in [0.2, 0.25) is 0 Å². The van der Waals surface area contributed by atoms with Crippen molar-refractivity contribution < 1.29 is 4.79 Å². The number of nitrogens with zero attached hydrogens (tertiary/aromatic N) is 2. The fourth-order valence-corrected chi connectivity index (χ4v) is 3.57. The summed E-state index contributed by atoms with van der Waals surface area (Å²) in [4.78, 5) is 20.8. The van der Waals surface area contributed by atoms with Crippen molar-refractivity contribution in [1.82, 2.24) is 15.3 Å². The Kier molecular flexibility index (Phi) is 4.99. The summed E-state index contributed by atoms with van der Waals surface area (Å²) in [6.45, 7) is 2.02. The van der Waals surface area contributed by atoms with E-state index >= 15 is 0 Å². The molecule has 2 heterocycles. The lowest BCUT2D eigenvalue weighted by atomic mass is 10.2. The maximum atomic E-state index is 12.2. The molecule has 0 aliphatic heterocycles. The molecular weight excluding hydrogens is 328 g/mol. The Hall–Kier alpha value is -2.25. The van der Waals surface area contributed by atoms with Gasteiger partial charge in [0.15, 0.2) is 0 Å². The van der Waals surface area contributed by atoms with Gasteiger partial charge in [-0.05, 0) is 18.6 Å². The average molecular weight is 344 g/mol. The van der Waals surface area contributed by atoms with Crippen LogP contribution in [0.3, 0.4) is 0 Å². The van der Waals surface area contributed by atoms with E-state index in [-0.39, 0.29) is 12.1 Å². The number of carbonyl (C=O) groups is 1. The van der Waals surface area contributed by atoms with Crippen LogP contribution < -0.4 is 10.6 Å². The third kappa shape index (κ3) is 3.94. The highest BCUT2D eigenvalue weighted by Crippen LogP contribution is 2.24. The lowest BCUT2D eigenvalue weighted by molar-refractivity contribution is 0.248. The van der Waals surface area contributed by atoms with E-state index in [1.807, 2.05) is 41.9 Å². The molecule has 0 aliphatic rings. The third-order valence-corrected chi connectivity index (χ3v) is 4.97. The Labute approximate surface area is 142 Å². The summed E-state index contributed by atoms with van der Waals surface area (Å²) < 4.78 is 0. The number of nitrogens with one attached hydrogen (secondary N) is 2. The molecule has 2 N–H and O–H groups in total. The Morgan fingerprint density at radius 3 is 2.74 bits per heavy atom. The van der Waals surface area contributed by atoms with E-state index in [9.17, 15) is 4.79 Å². The summed E-state index contributed by atoms with van der Waals surface area (Å²) in [7, 11) is 0. The van der Waals surface area contributed by atoms with Crippen LogP contribution in [0.1, 0.15) is 24.4 Å². The second-order valence-corrected chi connectivity index (χ2v) is 6.67. The minimum absolute atomic E-state index is 0.0721. The number of anilines is 1. The zero-order chi connectivity index (χ0) is 16.1. The first-order valence-electron chi connectivity index (χ1n) is 7.23. The van der Waals surface area contributed by atoms with Crippen LogP contribution in [0.25, 0.3) is 10.6 Å². The van der Waals surface area contributed by atoms with E-state index < -0.39 is 0 Å². The number of carbonyl (C=O) groups excluding carboxylic acids is 1. The van der Waals surface area contributed by atoms with E-state index in [2.05, 4.69) is 20.6 Å². The molecule has 2 aromatic heterocycles. The first kappa shape index (κ1) is 15.6. The highest BCUT2D eigenvalue weighted by atomic mass is 32.1. The topological polar surface area (TPSA) is 66.9 Å². The van der Waals surface area contributed by atoms with Gasteiger partial charge >= 0.3 is 6.03 Å². The second kappa shape index (κ2) is 7.34. The van der Waals surface area contributed by atoms with Crippen LogP contribution in [-0.4, -0.2) is 16.0 Å². The minimum atomic E-state index is -0.233. The molecule has 7 heteroatoms. The van der Waals surface area contributed by atoms with Gasteiger partial charge in [-0.25, -0.2) is 14.8 Å². The van der Waals surface area contributed by atoms with Crippen LogP contribution in [0.4, 0.5) is 10.5 Å². The van der Waals surface area contributed by atoms with Crippen molar-refractivity contribution in [3.63, 3.8) is 0 Å². The lowest BCUT2D eigenvalue weighted by Crippen LogP contribution is -2.32. The van der Waals surface area contributed by atoms with E-state index in [4.69, 9.17) is 0 Å². The molecular formula is C16H16N4OS2. The first-order valence-corrected chi connectivity index (χ1v) is 8.99. The monoisotopic (exact) mass is 344 g/mol. The molecule has 3 rings (SSSR count). The van der Waals surface area contributed by atoms with Crippen molar-refractivity contribution in [2.45, 2.75) is 19.4 Å². The van der Waals surface area contributed by atoms with Crippen LogP contribution in [0.15, 0.2) is 47.4 Å². The molecule has 0 unspecified atom stereocenters. The van der Waals surface area contributed by atoms with Crippen LogP contribution in [-0.2, 0) is 0 Å². The molecule has 0 saturated carbocycles. The molecule has 5 nitrogen and oxygen atoms in total. The largest absolute Gasteiger partial charge is 0.329 e. The molecule has 23 heavy (non-hydrogen) atoms. The number of hydrogen-bond donors (Lipinski definition) is 2. The fourth-order valence-electron chi connectivity index (χ4n) is 2.17. The predicted octanol–water partition coefficient (Wildman–Crippen LogP) is 4.54. The molecule has 0 saturated heterocycles. The van der Waals surface area contributed by atoms with E-state index in [0.717, 1.165) is 27.7 Å². The molecule has 0 fully saturated rings. The van der Waals surface area contributed by atoms with Crippen molar-refractivity contribution >= 4 is 34.4 Å². The van der Waals surface area contributed by atoms with E-state index in [1.165, 1.54) is 0 Å². The Bertz CT molecular complexity index is 756. The highest BCUT2D eigenvalue weighted by Gasteiger charge is 2.15. The van der Waals surface area contributed by atoms with Crippen LogP contribution in [0.5, 0.6) is 0 Å². The number of thiazole rings is 2. The van der Waals surface area contributed by atoms with Crippen molar-refractivity contribution in [3.8, 4) is 10.6 Å². The normalized spacial score (nSPS) is 11.9. The Balaban J connectivity index is 1.67. The number of amides is 2. The van der Waals surface area contributed by atoms with Gasteiger partial charge in [0.2, 0.25) is 0 Å². The number of rotatable bonds is 5. The molecule has 1 aromatic carbocycles. The summed E-state index contributed by atoms with van der Waals surface area (Å²) in [5.41, 5.74) is 1.73. The van der Waals surface area contributed by atoms with Gasteiger partial charge in [-0.2, -0.15) is 0 Å². The van der Waals surface area contributed by atoms with Gasteiger partial charge in [-0.15, -0.1) is 22.7 Å². The SMILES string of the molecule is CC[C@H](NC(=O)Nc1cccc(-c2nccs2)c1)c1nccs1. The van der Waals surface area contributed by atoms with Crippen LogP contribution >= 0.6 is 22.7 Å². The highest BCUT2D eigenvalue weighted by molar-refractivity contribution is 7.13. The molecule has 0 radical (unpaired) electrons. The molecule has 0 aliphatic carbocycles. The lowest BCUT2D eigenvalue weighted by Gasteiger charge is -2.15. The first-order chi connectivity index (χ1) is 11.3. The standard InChI is InChI=1S/C16H16N4OS2/c1-2-13(15-18-7-9-23-15)20-16(21)19-12-5-3-4-11(10-12)14-17-6-8-22-14/h3-10,13H,2H2,1H3,(H2,19,20,21)/t13-/m0/s1. The second-order valence-electron chi connectivity index (χ2n) is 4.85. The molecule has 3 aromatic rings. The quantitative estimate of drug-likeness (QED) is 0.714. The van der Waals surface area contributed by atoms with Crippen molar-refractivity contribution in [2.24, 2.45) is 0 Å². The maximum Gasteiger partial charge on any atom is 0.319 e. The van der Waals surface area contributed by atoms with Crippen molar-refractivity contribution in [3.05, 3.63) is 52.4 Å². The smallest absolute Gasteiger partial charge is 0.319 e. The van der Waals surface area contributed by atoms with Gasteiger partial charge in [0.25, 0.3) is 0 Å². The summed E-state index contributed by atoms with van der Waals surface area (Å²) in [6, 6.07) is 7.36. The number of benzene rings is 1. The van der Waals surface area contributed by atoms with Gasteiger partial charge in [0.05, 0.1) is 6.04 Å². The average Bonchev–Trinajstić information content (AvgIpc) is 3.26. The van der Waals surface area contributed by atoms with Crippen molar-refractivity contribution in [2.75, 3.05) is 5.32 Å². The van der Waals surface area contributed by atoms with E-state index in [0.29, 0.717) is 0 Å². The Morgan fingerprint density at radius 1 is 1.22 bits per heavy atom. The third-order valence-electron chi connectivity index (χ3n) is 3.26.